The summed E-state index contributed by atoms with van der Waals surface area (Å²) >= 11 is 7.85. The summed E-state index contributed by atoms with van der Waals surface area (Å²) < 4.78 is 5.32. The van der Waals surface area contributed by atoms with Crippen LogP contribution in [0.2, 0.25) is 5.02 Å². The average Bonchev–Trinajstić information content (AvgIpc) is 2.92. The standard InChI is InChI=1S/C17H17ClN2OS/c1-21-13-4-5-15-14(9-13)17(10-20-15)22-16-8-12(18)3-2-11(16)6-7-19/h2-5,8-10,20H,6-7,19H2,1H3. The highest BCUT2D eigenvalue weighted by molar-refractivity contribution is 7.99. The van der Waals surface area contributed by atoms with Gasteiger partial charge in [-0.3, -0.25) is 0 Å². The molecule has 1 aromatic heterocycles. The van der Waals surface area contributed by atoms with Crippen molar-refractivity contribution in [2.75, 3.05) is 13.7 Å². The molecule has 0 unspecified atom stereocenters. The van der Waals surface area contributed by atoms with Crippen LogP contribution in [0.4, 0.5) is 0 Å². The number of rotatable bonds is 5. The predicted molar refractivity (Wildman–Crippen MR) is 93.2 cm³/mol. The van der Waals surface area contributed by atoms with E-state index in [-0.39, 0.29) is 0 Å². The second-order valence-corrected chi connectivity index (χ2v) is 6.48. The molecule has 5 heteroatoms. The van der Waals surface area contributed by atoms with E-state index in [0.717, 1.165) is 37.9 Å². The average molecular weight is 333 g/mol. The van der Waals surface area contributed by atoms with Gasteiger partial charge in [0.2, 0.25) is 0 Å². The Morgan fingerprint density at radius 3 is 2.82 bits per heavy atom. The molecule has 0 aliphatic carbocycles. The maximum atomic E-state index is 6.15. The molecule has 0 spiro atoms. The highest BCUT2D eigenvalue weighted by Crippen LogP contribution is 2.37. The number of hydrogen-bond donors (Lipinski definition) is 2. The first kappa shape index (κ1) is 15.3. The van der Waals surface area contributed by atoms with Crippen molar-refractivity contribution in [3.05, 3.63) is 53.2 Å². The minimum atomic E-state index is 0.622. The van der Waals surface area contributed by atoms with E-state index < -0.39 is 0 Å². The van der Waals surface area contributed by atoms with Crippen LogP contribution in [-0.4, -0.2) is 18.6 Å². The lowest BCUT2D eigenvalue weighted by Crippen LogP contribution is -2.03. The van der Waals surface area contributed by atoms with E-state index in [9.17, 15) is 0 Å². The highest BCUT2D eigenvalue weighted by Gasteiger charge is 2.10. The molecule has 0 bridgehead atoms. The van der Waals surface area contributed by atoms with Gasteiger partial charge in [0, 0.05) is 31.9 Å². The molecule has 114 valence electrons. The highest BCUT2D eigenvalue weighted by atomic mass is 35.5. The molecular weight excluding hydrogens is 316 g/mol. The van der Waals surface area contributed by atoms with Gasteiger partial charge in [-0.15, -0.1) is 0 Å². The fourth-order valence-corrected chi connectivity index (χ4v) is 3.75. The Balaban J connectivity index is 2.01. The van der Waals surface area contributed by atoms with Gasteiger partial charge in [0.1, 0.15) is 5.75 Å². The molecule has 3 rings (SSSR count). The summed E-state index contributed by atoms with van der Waals surface area (Å²) in [6.07, 6.45) is 2.85. The third kappa shape index (κ3) is 3.09. The van der Waals surface area contributed by atoms with Gasteiger partial charge in [-0.25, -0.2) is 0 Å². The Bertz CT molecular complexity index is 800. The molecule has 0 fully saturated rings. The molecule has 0 radical (unpaired) electrons. The van der Waals surface area contributed by atoms with Gasteiger partial charge in [-0.1, -0.05) is 29.4 Å². The third-order valence-electron chi connectivity index (χ3n) is 3.51. The van der Waals surface area contributed by atoms with Crippen molar-refractivity contribution >= 4 is 34.3 Å². The molecule has 0 atom stereocenters. The first-order chi connectivity index (χ1) is 10.7. The summed E-state index contributed by atoms with van der Waals surface area (Å²) in [6, 6.07) is 12.0. The number of hydrogen-bond acceptors (Lipinski definition) is 3. The lowest BCUT2D eigenvalue weighted by molar-refractivity contribution is 0.415. The molecule has 3 nitrogen and oxygen atoms in total. The van der Waals surface area contributed by atoms with Crippen LogP contribution >= 0.6 is 23.4 Å². The SMILES string of the molecule is COc1ccc2[nH]cc(Sc3cc(Cl)ccc3CCN)c2c1. The Hall–Kier alpha value is -1.62. The monoisotopic (exact) mass is 332 g/mol. The summed E-state index contributed by atoms with van der Waals surface area (Å²) in [5.41, 5.74) is 8.01. The van der Waals surface area contributed by atoms with Gasteiger partial charge < -0.3 is 15.5 Å². The van der Waals surface area contributed by atoms with Crippen LogP contribution in [0.3, 0.4) is 0 Å². The van der Waals surface area contributed by atoms with Crippen molar-refractivity contribution in [1.82, 2.24) is 4.98 Å². The number of ether oxygens (including phenoxy) is 1. The minimum Gasteiger partial charge on any atom is -0.497 e. The van der Waals surface area contributed by atoms with Crippen LogP contribution in [-0.2, 0) is 6.42 Å². The molecule has 22 heavy (non-hydrogen) atoms. The van der Waals surface area contributed by atoms with Crippen molar-refractivity contribution in [2.24, 2.45) is 5.73 Å². The number of methoxy groups -OCH3 is 1. The smallest absolute Gasteiger partial charge is 0.119 e. The van der Waals surface area contributed by atoms with Gasteiger partial charge in [0.15, 0.2) is 0 Å². The summed E-state index contributed by atoms with van der Waals surface area (Å²) in [5, 5.41) is 1.88. The summed E-state index contributed by atoms with van der Waals surface area (Å²) in [4.78, 5) is 5.58. The largest absolute Gasteiger partial charge is 0.497 e. The lowest BCUT2D eigenvalue weighted by Gasteiger charge is -2.09. The Kier molecular flexibility index (Phi) is 4.62. The molecular formula is C17H17ClN2OS. The Labute approximate surface area is 138 Å². The second kappa shape index (κ2) is 6.65. The molecule has 2 aromatic carbocycles. The minimum absolute atomic E-state index is 0.622. The molecule has 1 heterocycles. The van der Waals surface area contributed by atoms with Crippen molar-refractivity contribution in [3.8, 4) is 5.75 Å². The number of aromatic nitrogens is 1. The van der Waals surface area contributed by atoms with Gasteiger partial charge in [0.05, 0.1) is 7.11 Å². The number of H-pyrrole nitrogens is 1. The third-order valence-corrected chi connectivity index (χ3v) is 4.91. The van der Waals surface area contributed by atoms with Crippen LogP contribution in [0, 0.1) is 0 Å². The topological polar surface area (TPSA) is 51.0 Å². The molecule has 0 aliphatic rings. The normalized spacial score (nSPS) is 11.0. The van der Waals surface area contributed by atoms with Crippen LogP contribution in [0.5, 0.6) is 5.75 Å². The second-order valence-electron chi connectivity index (χ2n) is 4.96. The number of aromatic amines is 1. The van der Waals surface area contributed by atoms with Gasteiger partial charge >= 0.3 is 0 Å². The quantitative estimate of drug-likeness (QED) is 0.724. The Morgan fingerprint density at radius 2 is 2.05 bits per heavy atom. The van der Waals surface area contributed by atoms with Crippen LogP contribution in [0.1, 0.15) is 5.56 Å². The predicted octanol–water partition coefficient (Wildman–Crippen LogP) is 4.48. The number of fused-ring (bicyclic) bond motifs is 1. The number of halogens is 1. The summed E-state index contributed by atoms with van der Waals surface area (Å²) in [6.45, 7) is 0.622. The van der Waals surface area contributed by atoms with Crippen molar-refractivity contribution in [3.63, 3.8) is 0 Å². The zero-order valence-electron chi connectivity index (χ0n) is 12.2. The Morgan fingerprint density at radius 1 is 1.18 bits per heavy atom. The van der Waals surface area contributed by atoms with E-state index in [1.165, 1.54) is 5.56 Å². The maximum absolute atomic E-state index is 6.15. The number of nitrogens with one attached hydrogen (secondary N) is 1. The van der Waals surface area contributed by atoms with Crippen LogP contribution in [0.15, 0.2) is 52.4 Å². The number of nitrogens with two attached hydrogens (primary N) is 1. The van der Waals surface area contributed by atoms with Crippen molar-refractivity contribution in [2.45, 2.75) is 16.2 Å². The molecule has 3 aromatic rings. The van der Waals surface area contributed by atoms with E-state index in [1.54, 1.807) is 18.9 Å². The zero-order valence-corrected chi connectivity index (χ0v) is 13.8. The van der Waals surface area contributed by atoms with Crippen molar-refractivity contribution < 1.29 is 4.74 Å². The molecule has 0 aliphatic heterocycles. The first-order valence-electron chi connectivity index (χ1n) is 7.02. The van der Waals surface area contributed by atoms with E-state index in [4.69, 9.17) is 22.1 Å². The lowest BCUT2D eigenvalue weighted by atomic mass is 10.1. The fraction of sp³-hybridized carbons (Fsp3) is 0.176. The fourth-order valence-electron chi connectivity index (χ4n) is 2.39. The van der Waals surface area contributed by atoms with Crippen molar-refractivity contribution in [1.29, 1.82) is 0 Å². The first-order valence-corrected chi connectivity index (χ1v) is 8.22. The van der Waals surface area contributed by atoms with E-state index in [0.29, 0.717) is 6.54 Å². The van der Waals surface area contributed by atoms with Crippen LogP contribution < -0.4 is 10.5 Å². The van der Waals surface area contributed by atoms with Gasteiger partial charge in [0.25, 0.3) is 0 Å². The maximum Gasteiger partial charge on any atom is 0.119 e. The van der Waals surface area contributed by atoms with E-state index in [1.807, 2.05) is 42.6 Å². The zero-order chi connectivity index (χ0) is 15.5. The molecule has 0 amide bonds. The molecule has 3 N–H and O–H groups in total. The number of benzene rings is 2. The van der Waals surface area contributed by atoms with E-state index in [2.05, 4.69) is 4.98 Å². The molecule has 0 saturated heterocycles. The van der Waals surface area contributed by atoms with Crippen LogP contribution in [0.25, 0.3) is 10.9 Å². The van der Waals surface area contributed by atoms with E-state index >= 15 is 0 Å². The summed E-state index contributed by atoms with van der Waals surface area (Å²) in [5.74, 6) is 0.849. The van der Waals surface area contributed by atoms with Gasteiger partial charge in [-0.05, 0) is 48.9 Å². The van der Waals surface area contributed by atoms with Gasteiger partial charge in [-0.2, -0.15) is 0 Å². The molecule has 0 saturated carbocycles. The summed E-state index contributed by atoms with van der Waals surface area (Å²) in [7, 11) is 1.68.